The number of nitrogens with one attached hydrogen (secondary N) is 1. The van der Waals surface area contributed by atoms with Crippen LogP contribution in [0.15, 0.2) is 35.7 Å². The van der Waals surface area contributed by atoms with E-state index in [-0.39, 0.29) is 11.9 Å². The molecule has 1 saturated heterocycles. The highest BCUT2D eigenvalue weighted by molar-refractivity contribution is 7.09. The first-order valence-corrected chi connectivity index (χ1v) is 9.09. The molecule has 1 N–H and O–H groups in total. The lowest BCUT2D eigenvalue weighted by Gasteiger charge is -2.34. The normalized spacial score (nSPS) is 18.0. The van der Waals surface area contributed by atoms with Gasteiger partial charge in [0.25, 0.3) is 0 Å². The zero-order valence-electron chi connectivity index (χ0n) is 13.5. The van der Waals surface area contributed by atoms with E-state index in [2.05, 4.69) is 26.6 Å². The number of aromatic nitrogens is 1. The highest BCUT2D eigenvalue weighted by Gasteiger charge is 2.22. The quantitative estimate of drug-likeness (QED) is 0.916. The Morgan fingerprint density at radius 3 is 3.09 bits per heavy atom. The molecule has 122 valence electrons. The van der Waals surface area contributed by atoms with E-state index in [1.807, 2.05) is 31.2 Å². The minimum Gasteiger partial charge on any atom is -0.355 e. The summed E-state index contributed by atoms with van der Waals surface area (Å²) in [5, 5.41) is 5.25. The fourth-order valence-electron chi connectivity index (χ4n) is 3.00. The second-order valence-electron chi connectivity index (χ2n) is 6.07. The van der Waals surface area contributed by atoms with Crippen molar-refractivity contribution in [2.45, 2.75) is 38.6 Å². The third kappa shape index (κ3) is 4.55. The molecule has 1 amide bonds. The molecular formula is C18H23N3OS. The smallest absolute Gasteiger partial charge is 0.220 e. The van der Waals surface area contributed by atoms with Crippen LogP contribution in [0.25, 0.3) is 0 Å². The van der Waals surface area contributed by atoms with Gasteiger partial charge in [0.1, 0.15) is 5.82 Å². The molecule has 3 rings (SSSR count). The summed E-state index contributed by atoms with van der Waals surface area (Å²) in [6.07, 6.45) is 3.54. The number of hydrogen-bond acceptors (Lipinski definition) is 4. The molecule has 2 aromatic rings. The minimum atomic E-state index is 0.155. The maximum atomic E-state index is 12.2. The average molecular weight is 329 g/mol. The van der Waals surface area contributed by atoms with Crippen LogP contribution >= 0.6 is 11.3 Å². The number of carbonyl (C=O) groups excluding carboxylic acids is 1. The maximum absolute atomic E-state index is 12.2. The lowest BCUT2D eigenvalue weighted by atomic mass is 10.1. The molecule has 0 saturated carbocycles. The van der Waals surface area contributed by atoms with Gasteiger partial charge in [0.15, 0.2) is 0 Å². The van der Waals surface area contributed by atoms with Gasteiger partial charge in [0.05, 0.1) is 0 Å². The maximum Gasteiger partial charge on any atom is 0.220 e. The number of amides is 1. The van der Waals surface area contributed by atoms with Gasteiger partial charge in [-0.2, -0.15) is 0 Å². The molecule has 0 spiro atoms. The summed E-state index contributed by atoms with van der Waals surface area (Å²) in [6.45, 7) is 3.87. The Morgan fingerprint density at radius 1 is 1.39 bits per heavy atom. The Morgan fingerprint density at radius 2 is 2.30 bits per heavy atom. The first-order valence-electron chi connectivity index (χ1n) is 8.21. The largest absolute Gasteiger partial charge is 0.355 e. The number of piperidine rings is 1. The lowest BCUT2D eigenvalue weighted by molar-refractivity contribution is -0.121. The van der Waals surface area contributed by atoms with E-state index < -0.39 is 0 Å². The summed E-state index contributed by atoms with van der Waals surface area (Å²) >= 11 is 1.71. The summed E-state index contributed by atoms with van der Waals surface area (Å²) in [5.41, 5.74) is 1.03. The molecule has 0 bridgehead atoms. The minimum absolute atomic E-state index is 0.155. The van der Waals surface area contributed by atoms with Gasteiger partial charge in [0, 0.05) is 36.1 Å². The van der Waals surface area contributed by atoms with Gasteiger partial charge < -0.3 is 10.2 Å². The molecule has 0 radical (unpaired) electrons. The van der Waals surface area contributed by atoms with Gasteiger partial charge >= 0.3 is 0 Å². The van der Waals surface area contributed by atoms with E-state index in [0.717, 1.165) is 43.9 Å². The summed E-state index contributed by atoms with van der Waals surface area (Å²) in [5.74, 6) is 1.17. The van der Waals surface area contributed by atoms with E-state index in [1.165, 1.54) is 4.88 Å². The predicted octanol–water partition coefficient (Wildman–Crippen LogP) is 3.17. The average Bonchev–Trinajstić information content (AvgIpc) is 3.07. The van der Waals surface area contributed by atoms with Crippen molar-refractivity contribution in [1.82, 2.24) is 10.3 Å². The number of anilines is 1. The van der Waals surface area contributed by atoms with Crippen molar-refractivity contribution in [1.29, 1.82) is 0 Å². The highest BCUT2D eigenvalue weighted by atomic mass is 32.1. The number of hydrogen-bond donors (Lipinski definition) is 1. The lowest BCUT2D eigenvalue weighted by Crippen LogP contribution is -2.48. The van der Waals surface area contributed by atoms with Crippen LogP contribution in [-0.2, 0) is 11.2 Å². The zero-order chi connectivity index (χ0) is 16.1. The van der Waals surface area contributed by atoms with Crippen molar-refractivity contribution in [2.24, 2.45) is 0 Å². The van der Waals surface area contributed by atoms with Crippen LogP contribution in [0, 0.1) is 6.92 Å². The first kappa shape index (κ1) is 16.0. The molecular weight excluding hydrogens is 306 g/mol. The van der Waals surface area contributed by atoms with Crippen molar-refractivity contribution in [3.8, 4) is 0 Å². The number of rotatable bonds is 5. The van der Waals surface area contributed by atoms with E-state index in [9.17, 15) is 4.79 Å². The number of aryl methyl sites for hydroxylation is 2. The molecule has 2 aromatic heterocycles. The van der Waals surface area contributed by atoms with Crippen LogP contribution in [0.2, 0.25) is 0 Å². The van der Waals surface area contributed by atoms with E-state index >= 15 is 0 Å². The second-order valence-corrected chi connectivity index (χ2v) is 7.10. The van der Waals surface area contributed by atoms with Crippen molar-refractivity contribution >= 4 is 23.1 Å². The Hall–Kier alpha value is -1.88. The SMILES string of the molecule is Cc1cccc(N2CCC[C@H](NC(=O)CCc3cccs3)C2)n1. The highest BCUT2D eigenvalue weighted by Crippen LogP contribution is 2.18. The summed E-state index contributed by atoms with van der Waals surface area (Å²) in [7, 11) is 0. The molecule has 0 aliphatic carbocycles. The van der Waals surface area contributed by atoms with Crippen molar-refractivity contribution < 1.29 is 4.79 Å². The van der Waals surface area contributed by atoms with Gasteiger partial charge in [-0.05, 0) is 49.8 Å². The molecule has 1 fully saturated rings. The van der Waals surface area contributed by atoms with Gasteiger partial charge in [-0.25, -0.2) is 4.98 Å². The van der Waals surface area contributed by atoms with Crippen LogP contribution in [0.5, 0.6) is 0 Å². The topological polar surface area (TPSA) is 45.2 Å². The standard InChI is InChI=1S/C18H23N3OS/c1-14-5-2-8-17(19-14)21-11-3-6-15(13-21)20-18(22)10-9-16-7-4-12-23-16/h2,4-5,7-8,12,15H,3,6,9-11,13H2,1H3,(H,20,22)/t15-/m0/s1. The van der Waals surface area contributed by atoms with E-state index in [1.54, 1.807) is 11.3 Å². The molecule has 0 unspecified atom stereocenters. The Balaban J connectivity index is 1.51. The van der Waals surface area contributed by atoms with Crippen molar-refractivity contribution in [3.05, 3.63) is 46.3 Å². The van der Waals surface area contributed by atoms with Crippen molar-refractivity contribution in [2.75, 3.05) is 18.0 Å². The molecule has 1 aliphatic rings. The summed E-state index contributed by atoms with van der Waals surface area (Å²) in [4.78, 5) is 20.3. The number of pyridine rings is 1. The Kier molecular flexibility index (Phi) is 5.28. The number of carbonyl (C=O) groups is 1. The van der Waals surface area contributed by atoms with Crippen LogP contribution < -0.4 is 10.2 Å². The van der Waals surface area contributed by atoms with Crippen LogP contribution in [0.1, 0.15) is 29.8 Å². The third-order valence-corrected chi connectivity index (χ3v) is 5.10. The molecule has 5 heteroatoms. The summed E-state index contributed by atoms with van der Waals surface area (Å²) < 4.78 is 0. The molecule has 3 heterocycles. The fourth-order valence-corrected chi connectivity index (χ4v) is 3.71. The zero-order valence-corrected chi connectivity index (χ0v) is 14.3. The van der Waals surface area contributed by atoms with Crippen LogP contribution in [0.3, 0.4) is 0 Å². The third-order valence-electron chi connectivity index (χ3n) is 4.16. The van der Waals surface area contributed by atoms with Gasteiger partial charge in [0.2, 0.25) is 5.91 Å². The van der Waals surface area contributed by atoms with Gasteiger partial charge in [-0.1, -0.05) is 12.1 Å². The molecule has 1 aliphatic heterocycles. The van der Waals surface area contributed by atoms with E-state index in [0.29, 0.717) is 6.42 Å². The first-order chi connectivity index (χ1) is 11.2. The van der Waals surface area contributed by atoms with E-state index in [4.69, 9.17) is 0 Å². The van der Waals surface area contributed by atoms with Crippen LogP contribution in [0.4, 0.5) is 5.82 Å². The van der Waals surface area contributed by atoms with Crippen molar-refractivity contribution in [3.63, 3.8) is 0 Å². The number of thiophene rings is 1. The van der Waals surface area contributed by atoms with Gasteiger partial charge in [-0.15, -0.1) is 11.3 Å². The molecule has 23 heavy (non-hydrogen) atoms. The number of nitrogens with zero attached hydrogens (tertiary/aromatic N) is 2. The van der Waals surface area contributed by atoms with Gasteiger partial charge in [-0.3, -0.25) is 4.79 Å². The predicted molar refractivity (Wildman–Crippen MR) is 95.0 cm³/mol. The Bertz CT molecular complexity index is 641. The molecule has 0 aromatic carbocycles. The summed E-state index contributed by atoms with van der Waals surface area (Å²) in [6, 6.07) is 10.4. The Labute approximate surface area is 141 Å². The molecule has 4 nitrogen and oxygen atoms in total. The fraction of sp³-hybridized carbons (Fsp3) is 0.444. The second kappa shape index (κ2) is 7.59. The molecule has 1 atom stereocenters. The van der Waals surface area contributed by atoms with Crippen LogP contribution in [-0.4, -0.2) is 30.0 Å². The monoisotopic (exact) mass is 329 g/mol.